The molecule has 0 radical (unpaired) electrons. The second-order valence-corrected chi connectivity index (χ2v) is 17.7. The fourth-order valence-corrected chi connectivity index (χ4v) is 12.2. The molecule has 9 N–H and O–H groups in total. The van der Waals surface area contributed by atoms with Crippen LogP contribution in [0.2, 0.25) is 0 Å². The predicted octanol–water partition coefficient (Wildman–Crippen LogP) is 0.379. The van der Waals surface area contributed by atoms with E-state index in [1.165, 1.54) is 0 Å². The summed E-state index contributed by atoms with van der Waals surface area (Å²) in [5.41, 5.74) is -3.27. The highest BCUT2D eigenvalue weighted by Gasteiger charge is 2.72. The molecule has 6 aliphatic rings. The molecule has 1 heterocycles. The Morgan fingerprint density at radius 2 is 1.48 bits per heavy atom. The summed E-state index contributed by atoms with van der Waals surface area (Å²) >= 11 is 0. The van der Waals surface area contributed by atoms with Crippen molar-refractivity contribution in [2.24, 2.45) is 50.2 Å². The summed E-state index contributed by atoms with van der Waals surface area (Å²) < 4.78 is 11.4. The fraction of sp³-hybridized carbons (Fsp3) is 0.917. The summed E-state index contributed by atoms with van der Waals surface area (Å²) in [6.45, 7) is 9.07. The highest BCUT2D eigenvalue weighted by atomic mass is 16.7. The third-order valence-electron chi connectivity index (χ3n) is 15.5. The lowest BCUT2D eigenvalue weighted by Gasteiger charge is -2.72. The van der Waals surface area contributed by atoms with Crippen molar-refractivity contribution >= 4 is 5.97 Å². The number of hydrogen-bond acceptors (Lipinski definition) is 12. The summed E-state index contributed by atoms with van der Waals surface area (Å²) in [7, 11) is 0. The SMILES string of the molecule is CC1(C)CC[C@@]2(C(=O)O[C@@H]3O[C@H](CO)[C@@H](O)[C@H](O)[C@H]3O)CC[C@@]3(C)C(=CC[C@@H]4[C@@]5(C)C[C@@H](O)[C@H](O)C(CO)(CO)[C@@H]5CC[C@@]43C)[C@@H]2[C@@H]1O. The topological polar surface area (TPSA) is 218 Å². The van der Waals surface area contributed by atoms with Gasteiger partial charge < -0.3 is 55.4 Å². The maximum Gasteiger partial charge on any atom is 0.315 e. The lowest BCUT2D eigenvalue weighted by molar-refractivity contribution is -0.298. The van der Waals surface area contributed by atoms with E-state index >= 15 is 0 Å². The number of hydrogen-bond donors (Lipinski definition) is 9. The maximum absolute atomic E-state index is 14.4. The van der Waals surface area contributed by atoms with Crippen LogP contribution in [0.25, 0.3) is 0 Å². The third kappa shape index (κ3) is 4.66. The predicted molar refractivity (Wildman–Crippen MR) is 171 cm³/mol. The minimum Gasteiger partial charge on any atom is -0.432 e. The number of rotatable bonds is 5. The third-order valence-corrected chi connectivity index (χ3v) is 15.5. The van der Waals surface area contributed by atoms with Crippen LogP contribution in [-0.4, -0.2) is 121 Å². The Hall–Kier alpha value is -1.19. The van der Waals surface area contributed by atoms with Crippen LogP contribution in [0.5, 0.6) is 0 Å². The monoisotopic (exact) mass is 682 g/mol. The molecule has 274 valence electrons. The summed E-state index contributed by atoms with van der Waals surface area (Å²) in [5, 5.41) is 96.6. The second-order valence-electron chi connectivity index (χ2n) is 17.7. The Balaban J connectivity index is 1.39. The molecule has 0 amide bonds. The van der Waals surface area contributed by atoms with Gasteiger partial charge in [-0.1, -0.05) is 46.3 Å². The van der Waals surface area contributed by atoms with Gasteiger partial charge in [0.15, 0.2) is 0 Å². The Morgan fingerprint density at radius 3 is 2.10 bits per heavy atom. The van der Waals surface area contributed by atoms with Gasteiger partial charge in [-0.3, -0.25) is 4.79 Å². The van der Waals surface area contributed by atoms with Gasteiger partial charge >= 0.3 is 5.97 Å². The van der Waals surface area contributed by atoms with E-state index in [9.17, 15) is 50.8 Å². The summed E-state index contributed by atoms with van der Waals surface area (Å²) in [5.74, 6) is -1.49. The second kappa shape index (κ2) is 11.9. The molecule has 5 fully saturated rings. The molecular weight excluding hydrogens is 624 g/mol. The molecule has 12 nitrogen and oxygen atoms in total. The molecule has 5 aliphatic carbocycles. The van der Waals surface area contributed by atoms with E-state index in [2.05, 4.69) is 26.8 Å². The van der Waals surface area contributed by atoms with E-state index in [1.54, 1.807) is 0 Å². The van der Waals surface area contributed by atoms with Crippen LogP contribution < -0.4 is 0 Å². The Bertz CT molecular complexity index is 1280. The van der Waals surface area contributed by atoms with Crippen molar-refractivity contribution in [3.63, 3.8) is 0 Å². The molecule has 48 heavy (non-hydrogen) atoms. The molecule has 1 saturated heterocycles. The van der Waals surface area contributed by atoms with Crippen LogP contribution >= 0.6 is 0 Å². The van der Waals surface area contributed by atoms with Crippen molar-refractivity contribution in [1.82, 2.24) is 0 Å². The minimum atomic E-state index is -1.74. The van der Waals surface area contributed by atoms with Gasteiger partial charge in [0.25, 0.3) is 0 Å². The molecule has 6 rings (SSSR count). The van der Waals surface area contributed by atoms with Crippen LogP contribution in [0.4, 0.5) is 0 Å². The Morgan fingerprint density at radius 1 is 0.833 bits per heavy atom. The van der Waals surface area contributed by atoms with E-state index in [-0.39, 0.29) is 17.3 Å². The molecule has 1 aliphatic heterocycles. The van der Waals surface area contributed by atoms with Gasteiger partial charge in [0, 0.05) is 11.3 Å². The molecule has 0 spiro atoms. The van der Waals surface area contributed by atoms with Gasteiger partial charge in [-0.05, 0) is 84.9 Å². The van der Waals surface area contributed by atoms with Gasteiger partial charge in [-0.2, -0.15) is 0 Å². The van der Waals surface area contributed by atoms with E-state index in [1.807, 2.05) is 13.8 Å². The van der Waals surface area contributed by atoms with Crippen molar-refractivity contribution < 1.29 is 60.2 Å². The van der Waals surface area contributed by atoms with E-state index < -0.39 is 108 Å². The summed E-state index contributed by atoms with van der Waals surface area (Å²) in [6.07, 6.45) is -4.76. The quantitative estimate of drug-likeness (QED) is 0.142. The summed E-state index contributed by atoms with van der Waals surface area (Å²) in [6, 6.07) is 0. The van der Waals surface area contributed by atoms with Crippen molar-refractivity contribution in [1.29, 1.82) is 0 Å². The van der Waals surface area contributed by atoms with Crippen LogP contribution in [0.15, 0.2) is 11.6 Å². The van der Waals surface area contributed by atoms with Crippen molar-refractivity contribution in [3.8, 4) is 0 Å². The first kappa shape index (κ1) is 36.6. The van der Waals surface area contributed by atoms with Crippen LogP contribution in [0.3, 0.4) is 0 Å². The van der Waals surface area contributed by atoms with Crippen LogP contribution in [-0.2, 0) is 14.3 Å². The molecular formula is C36H58O12. The zero-order valence-corrected chi connectivity index (χ0v) is 29.0. The highest BCUT2D eigenvalue weighted by molar-refractivity contribution is 5.79. The largest absolute Gasteiger partial charge is 0.432 e. The molecule has 0 bridgehead atoms. The zero-order chi connectivity index (χ0) is 35.4. The fourth-order valence-electron chi connectivity index (χ4n) is 12.2. The van der Waals surface area contributed by atoms with Gasteiger partial charge in [-0.25, -0.2) is 0 Å². The standard InChI is InChI=1S/C36H58O12/c1-31(2)10-12-35(30(46)48-29-26(43)25(42)24(41)20(15-37)47-29)13-11-33(4)18(23(35)28(31)45)6-7-21-32(3)14-19(40)27(44)36(16-38,17-39)22(32)8-9-34(21,33)5/h6,19-29,37-45H,7-17H2,1-5H3/t19-,20-,21-,22-,23-,24-,25+,26-,27+,28+,29+,32-,33+,34+,35-/m1/s1. The average Bonchev–Trinajstić information content (AvgIpc) is 3.04. The van der Waals surface area contributed by atoms with E-state index in [4.69, 9.17) is 9.47 Å². The van der Waals surface area contributed by atoms with Crippen molar-refractivity contribution in [3.05, 3.63) is 11.6 Å². The van der Waals surface area contributed by atoms with Crippen LogP contribution in [0, 0.1) is 50.2 Å². The van der Waals surface area contributed by atoms with E-state index in [0.29, 0.717) is 44.9 Å². The van der Waals surface area contributed by atoms with E-state index in [0.717, 1.165) is 12.0 Å². The molecule has 0 aromatic carbocycles. The number of aliphatic hydroxyl groups is 9. The maximum atomic E-state index is 14.4. The molecule has 0 unspecified atom stereocenters. The van der Waals surface area contributed by atoms with Gasteiger partial charge in [0.1, 0.15) is 24.4 Å². The number of carbonyl (C=O) groups excluding carboxylic acids is 1. The molecule has 15 atom stereocenters. The summed E-state index contributed by atoms with van der Waals surface area (Å²) in [4.78, 5) is 14.4. The Labute approximate surface area is 282 Å². The number of allylic oxidation sites excluding steroid dienone is 1. The first-order valence-electron chi connectivity index (χ1n) is 17.8. The number of fused-ring (bicyclic) bond motifs is 7. The molecule has 0 aromatic rings. The minimum absolute atomic E-state index is 0.0134. The number of aliphatic hydroxyl groups excluding tert-OH is 9. The van der Waals surface area contributed by atoms with Crippen molar-refractivity contribution in [2.75, 3.05) is 19.8 Å². The van der Waals surface area contributed by atoms with Gasteiger partial charge in [0.05, 0.1) is 43.5 Å². The lowest BCUT2D eigenvalue weighted by atomic mass is 9.33. The average molecular weight is 683 g/mol. The highest BCUT2D eigenvalue weighted by Crippen LogP contribution is 2.76. The smallest absolute Gasteiger partial charge is 0.315 e. The Kier molecular flexibility index (Phi) is 9.10. The van der Waals surface area contributed by atoms with Gasteiger partial charge in [0.2, 0.25) is 6.29 Å². The zero-order valence-electron chi connectivity index (χ0n) is 29.0. The molecule has 12 heteroatoms. The number of ether oxygens (including phenoxy) is 2. The number of esters is 1. The lowest BCUT2D eigenvalue weighted by Crippen LogP contribution is -2.70. The molecule has 4 saturated carbocycles. The number of carbonyl (C=O) groups is 1. The van der Waals surface area contributed by atoms with Gasteiger partial charge in [-0.15, -0.1) is 0 Å². The normalized spacial score (nSPS) is 52.5. The first-order chi connectivity index (χ1) is 22.3. The molecule has 0 aromatic heterocycles. The first-order valence-corrected chi connectivity index (χ1v) is 17.8. The van der Waals surface area contributed by atoms with Crippen molar-refractivity contribution in [2.45, 2.75) is 135 Å². The van der Waals surface area contributed by atoms with Crippen LogP contribution in [0.1, 0.15) is 86.0 Å².